The molecule has 0 spiro atoms. The number of rotatable bonds is 6. The molecular formula is C18H28FNS. The predicted molar refractivity (Wildman–Crippen MR) is 90.3 cm³/mol. The van der Waals surface area contributed by atoms with Crippen LogP contribution in [0.5, 0.6) is 0 Å². The largest absolute Gasteiger partial charge is 0.307 e. The van der Waals surface area contributed by atoms with E-state index in [-0.39, 0.29) is 5.82 Å². The maximum absolute atomic E-state index is 13.6. The maximum atomic E-state index is 13.6. The molecule has 118 valence electrons. The van der Waals surface area contributed by atoms with Crippen LogP contribution >= 0.6 is 11.8 Å². The van der Waals surface area contributed by atoms with Gasteiger partial charge in [0, 0.05) is 17.0 Å². The van der Waals surface area contributed by atoms with Crippen molar-refractivity contribution in [1.82, 2.24) is 5.32 Å². The highest BCUT2D eigenvalue weighted by molar-refractivity contribution is 7.99. The first-order valence-corrected chi connectivity index (χ1v) is 9.12. The third-order valence-corrected chi connectivity index (χ3v) is 5.08. The number of benzene rings is 1. The molecule has 1 aliphatic rings. The van der Waals surface area contributed by atoms with Crippen molar-refractivity contribution < 1.29 is 4.39 Å². The molecule has 1 aliphatic heterocycles. The van der Waals surface area contributed by atoms with Gasteiger partial charge in [0.15, 0.2) is 0 Å². The van der Waals surface area contributed by atoms with E-state index in [1.807, 2.05) is 17.8 Å². The van der Waals surface area contributed by atoms with Crippen LogP contribution in [0, 0.1) is 17.7 Å². The van der Waals surface area contributed by atoms with Gasteiger partial charge in [0.2, 0.25) is 0 Å². The summed E-state index contributed by atoms with van der Waals surface area (Å²) in [6.07, 6.45) is 3.47. The molecule has 0 aromatic heterocycles. The standard InChI is InChI=1S/C18H28FNS/c1-12(2)9-15(10-13(3)4)20-17-7-8-21-18-6-5-14(19)11-16(17)18/h5-6,11-13,15,17,20H,7-10H2,1-4H3. The van der Waals surface area contributed by atoms with E-state index in [1.165, 1.54) is 17.7 Å². The molecule has 3 heteroatoms. The number of thioether (sulfide) groups is 1. The minimum Gasteiger partial charge on any atom is -0.307 e. The monoisotopic (exact) mass is 309 g/mol. The highest BCUT2D eigenvalue weighted by atomic mass is 32.2. The number of hydrogen-bond acceptors (Lipinski definition) is 2. The zero-order chi connectivity index (χ0) is 15.4. The highest BCUT2D eigenvalue weighted by Crippen LogP contribution is 2.37. The van der Waals surface area contributed by atoms with Crippen molar-refractivity contribution >= 4 is 11.8 Å². The van der Waals surface area contributed by atoms with E-state index in [0.29, 0.717) is 23.9 Å². The third-order valence-electron chi connectivity index (χ3n) is 3.96. The lowest BCUT2D eigenvalue weighted by Gasteiger charge is -2.32. The molecule has 0 saturated heterocycles. The zero-order valence-corrected chi connectivity index (χ0v) is 14.5. The van der Waals surface area contributed by atoms with Gasteiger partial charge in [0.25, 0.3) is 0 Å². The van der Waals surface area contributed by atoms with Crippen molar-refractivity contribution in [3.8, 4) is 0 Å². The van der Waals surface area contributed by atoms with Crippen LogP contribution in [0.25, 0.3) is 0 Å². The van der Waals surface area contributed by atoms with Gasteiger partial charge >= 0.3 is 0 Å². The van der Waals surface area contributed by atoms with Crippen LogP contribution in [0.1, 0.15) is 58.6 Å². The Morgan fingerprint density at radius 3 is 2.48 bits per heavy atom. The average Bonchev–Trinajstić information content (AvgIpc) is 2.38. The second-order valence-electron chi connectivity index (χ2n) is 6.99. The first kappa shape index (κ1) is 16.8. The summed E-state index contributed by atoms with van der Waals surface area (Å²) in [5, 5.41) is 3.82. The van der Waals surface area contributed by atoms with Crippen molar-refractivity contribution in [2.45, 2.75) is 63.9 Å². The molecule has 1 atom stereocenters. The van der Waals surface area contributed by atoms with Gasteiger partial charge in [0.05, 0.1) is 0 Å². The van der Waals surface area contributed by atoms with Crippen LogP contribution in [0.4, 0.5) is 4.39 Å². The molecule has 0 bridgehead atoms. The van der Waals surface area contributed by atoms with Crippen LogP contribution < -0.4 is 5.32 Å². The molecule has 0 aliphatic carbocycles. The molecule has 0 amide bonds. The van der Waals surface area contributed by atoms with Gasteiger partial charge in [-0.25, -0.2) is 4.39 Å². The Hall–Kier alpha value is -0.540. The molecule has 1 unspecified atom stereocenters. The summed E-state index contributed by atoms with van der Waals surface area (Å²) in [5.41, 5.74) is 1.16. The maximum Gasteiger partial charge on any atom is 0.123 e. The Kier molecular flexibility index (Phi) is 6.12. The lowest BCUT2D eigenvalue weighted by atomic mass is 9.93. The second kappa shape index (κ2) is 7.64. The van der Waals surface area contributed by atoms with Gasteiger partial charge in [-0.2, -0.15) is 0 Å². The number of fused-ring (bicyclic) bond motifs is 1. The van der Waals surface area contributed by atoms with Gasteiger partial charge in [-0.1, -0.05) is 27.7 Å². The molecule has 1 aromatic rings. The Bertz CT molecular complexity index is 449. The van der Waals surface area contributed by atoms with Crippen molar-refractivity contribution in [1.29, 1.82) is 0 Å². The highest BCUT2D eigenvalue weighted by Gasteiger charge is 2.24. The Morgan fingerprint density at radius 1 is 1.19 bits per heavy atom. The fourth-order valence-corrected chi connectivity index (χ4v) is 4.30. The third kappa shape index (κ3) is 5.00. The second-order valence-corrected chi connectivity index (χ2v) is 8.13. The number of hydrogen-bond donors (Lipinski definition) is 1. The summed E-state index contributed by atoms with van der Waals surface area (Å²) >= 11 is 1.85. The minimum absolute atomic E-state index is 0.118. The smallest absolute Gasteiger partial charge is 0.123 e. The van der Waals surface area contributed by atoms with Crippen molar-refractivity contribution in [3.05, 3.63) is 29.6 Å². The number of halogens is 1. The lowest BCUT2D eigenvalue weighted by molar-refractivity contribution is 0.321. The van der Waals surface area contributed by atoms with E-state index in [0.717, 1.165) is 17.7 Å². The van der Waals surface area contributed by atoms with E-state index < -0.39 is 0 Å². The van der Waals surface area contributed by atoms with Crippen molar-refractivity contribution in [2.75, 3.05) is 5.75 Å². The van der Waals surface area contributed by atoms with Gasteiger partial charge < -0.3 is 5.32 Å². The Balaban J connectivity index is 2.12. The van der Waals surface area contributed by atoms with Gasteiger partial charge in [-0.15, -0.1) is 11.8 Å². The Morgan fingerprint density at radius 2 is 1.86 bits per heavy atom. The van der Waals surface area contributed by atoms with E-state index in [2.05, 4.69) is 33.0 Å². The average molecular weight is 309 g/mol. The van der Waals surface area contributed by atoms with Crippen LogP contribution in [0.3, 0.4) is 0 Å². The van der Waals surface area contributed by atoms with E-state index in [1.54, 1.807) is 12.1 Å². The summed E-state index contributed by atoms with van der Waals surface area (Å²) in [6.45, 7) is 9.11. The fourth-order valence-electron chi connectivity index (χ4n) is 3.19. The van der Waals surface area contributed by atoms with Crippen LogP contribution in [0.2, 0.25) is 0 Å². The molecule has 21 heavy (non-hydrogen) atoms. The summed E-state index contributed by atoms with van der Waals surface area (Å²) in [4.78, 5) is 1.24. The van der Waals surface area contributed by atoms with Crippen LogP contribution in [-0.2, 0) is 0 Å². The molecule has 2 rings (SSSR count). The Labute approximate surface area is 133 Å². The van der Waals surface area contributed by atoms with E-state index in [9.17, 15) is 4.39 Å². The summed E-state index contributed by atoms with van der Waals surface area (Å²) in [6, 6.07) is 6.06. The SMILES string of the molecule is CC(C)CC(CC(C)C)NC1CCSc2ccc(F)cc21. The normalized spacial score (nSPS) is 18.6. The summed E-state index contributed by atoms with van der Waals surface area (Å²) in [7, 11) is 0. The van der Waals surface area contributed by atoms with E-state index >= 15 is 0 Å². The number of nitrogens with one attached hydrogen (secondary N) is 1. The quantitative estimate of drug-likeness (QED) is 0.753. The molecule has 0 saturated carbocycles. The van der Waals surface area contributed by atoms with Gasteiger partial charge in [-0.3, -0.25) is 0 Å². The van der Waals surface area contributed by atoms with Crippen LogP contribution in [0.15, 0.2) is 23.1 Å². The molecule has 1 nitrogen and oxygen atoms in total. The summed E-state index contributed by atoms with van der Waals surface area (Å²) in [5.74, 6) is 2.37. The molecule has 1 heterocycles. The molecule has 0 radical (unpaired) electrons. The molecule has 0 fully saturated rings. The van der Waals surface area contributed by atoms with Gasteiger partial charge in [-0.05, 0) is 60.6 Å². The van der Waals surface area contributed by atoms with Gasteiger partial charge in [0.1, 0.15) is 5.82 Å². The van der Waals surface area contributed by atoms with E-state index in [4.69, 9.17) is 0 Å². The minimum atomic E-state index is -0.118. The van der Waals surface area contributed by atoms with Crippen LogP contribution in [-0.4, -0.2) is 11.8 Å². The summed E-state index contributed by atoms with van der Waals surface area (Å²) < 4.78 is 13.6. The molecule has 1 N–H and O–H groups in total. The first-order valence-electron chi connectivity index (χ1n) is 8.14. The first-order chi connectivity index (χ1) is 9.95. The predicted octanol–water partition coefficient (Wildman–Crippen LogP) is 5.41. The molecule has 1 aromatic carbocycles. The topological polar surface area (TPSA) is 12.0 Å². The zero-order valence-electron chi connectivity index (χ0n) is 13.7. The fraction of sp³-hybridized carbons (Fsp3) is 0.667. The molecular weight excluding hydrogens is 281 g/mol. The van der Waals surface area contributed by atoms with Crippen molar-refractivity contribution in [2.24, 2.45) is 11.8 Å². The van der Waals surface area contributed by atoms with Crippen molar-refractivity contribution in [3.63, 3.8) is 0 Å². The lowest BCUT2D eigenvalue weighted by Crippen LogP contribution is -2.36.